The molecule has 0 fully saturated rings. The van der Waals surface area contributed by atoms with Gasteiger partial charge in [0.1, 0.15) is 10.8 Å². The Morgan fingerprint density at radius 3 is 3.00 bits per heavy atom. The SMILES string of the molecule is CC(C)c1ncc2c(n1)CCN(Cc1nccs1)C2. The first-order valence-corrected chi connectivity index (χ1v) is 7.56. The zero-order valence-electron chi connectivity index (χ0n) is 11.3. The van der Waals surface area contributed by atoms with E-state index in [1.165, 1.54) is 16.3 Å². The number of fused-ring (bicyclic) bond motifs is 1. The molecule has 1 aliphatic rings. The molecule has 1 aliphatic heterocycles. The van der Waals surface area contributed by atoms with E-state index < -0.39 is 0 Å². The Kier molecular flexibility index (Phi) is 3.57. The summed E-state index contributed by atoms with van der Waals surface area (Å²) in [7, 11) is 0. The first kappa shape index (κ1) is 12.7. The van der Waals surface area contributed by atoms with Crippen LogP contribution in [0, 0.1) is 0 Å². The molecule has 0 atom stereocenters. The van der Waals surface area contributed by atoms with E-state index >= 15 is 0 Å². The second-order valence-electron chi connectivity index (χ2n) is 5.24. The third-order valence-electron chi connectivity index (χ3n) is 3.39. The molecule has 3 heterocycles. The second-order valence-corrected chi connectivity index (χ2v) is 6.22. The highest BCUT2D eigenvalue weighted by molar-refractivity contribution is 7.09. The number of thiazole rings is 1. The van der Waals surface area contributed by atoms with Gasteiger partial charge < -0.3 is 0 Å². The van der Waals surface area contributed by atoms with Crippen molar-refractivity contribution in [3.63, 3.8) is 0 Å². The van der Waals surface area contributed by atoms with Crippen LogP contribution >= 0.6 is 11.3 Å². The molecule has 0 aromatic carbocycles. The molecule has 100 valence electrons. The van der Waals surface area contributed by atoms with Crippen LogP contribution in [-0.4, -0.2) is 26.4 Å². The fraction of sp³-hybridized carbons (Fsp3) is 0.500. The lowest BCUT2D eigenvalue weighted by atomic mass is 10.1. The summed E-state index contributed by atoms with van der Waals surface area (Å²) in [6.07, 6.45) is 4.89. The summed E-state index contributed by atoms with van der Waals surface area (Å²) in [5, 5.41) is 3.22. The van der Waals surface area contributed by atoms with Gasteiger partial charge in [-0.3, -0.25) is 4.90 Å². The van der Waals surface area contributed by atoms with Crippen LogP contribution in [0.4, 0.5) is 0 Å². The fourth-order valence-electron chi connectivity index (χ4n) is 2.33. The second kappa shape index (κ2) is 5.35. The average molecular weight is 274 g/mol. The zero-order chi connectivity index (χ0) is 13.2. The van der Waals surface area contributed by atoms with Crippen LogP contribution in [0.1, 0.15) is 41.9 Å². The van der Waals surface area contributed by atoms with E-state index in [9.17, 15) is 0 Å². The minimum Gasteiger partial charge on any atom is -0.292 e. The summed E-state index contributed by atoms with van der Waals surface area (Å²) >= 11 is 1.72. The molecule has 0 bridgehead atoms. The van der Waals surface area contributed by atoms with Crippen LogP contribution < -0.4 is 0 Å². The lowest BCUT2D eigenvalue weighted by Crippen LogP contribution is -2.31. The summed E-state index contributed by atoms with van der Waals surface area (Å²) in [4.78, 5) is 15.9. The highest BCUT2D eigenvalue weighted by atomic mass is 32.1. The zero-order valence-corrected chi connectivity index (χ0v) is 12.2. The molecular formula is C14H18N4S. The standard InChI is InChI=1S/C14H18N4S/c1-10(2)14-16-7-11-8-18(5-3-12(11)17-14)9-13-15-4-6-19-13/h4,6-7,10H,3,5,8-9H2,1-2H3. The van der Waals surface area contributed by atoms with Crippen LogP contribution in [0.3, 0.4) is 0 Å². The summed E-state index contributed by atoms with van der Waals surface area (Å²) in [5.74, 6) is 1.37. The Bertz CT molecular complexity index is 551. The van der Waals surface area contributed by atoms with Gasteiger partial charge in [0.2, 0.25) is 0 Å². The quantitative estimate of drug-likeness (QED) is 0.863. The van der Waals surface area contributed by atoms with E-state index in [2.05, 4.69) is 28.7 Å². The normalized spacial score (nSPS) is 15.7. The molecule has 5 heteroatoms. The molecule has 0 spiro atoms. The van der Waals surface area contributed by atoms with Crippen molar-refractivity contribution in [1.29, 1.82) is 0 Å². The fourth-order valence-corrected chi connectivity index (χ4v) is 2.98. The molecule has 4 nitrogen and oxygen atoms in total. The van der Waals surface area contributed by atoms with Gasteiger partial charge in [0.05, 0.1) is 6.54 Å². The lowest BCUT2D eigenvalue weighted by molar-refractivity contribution is 0.242. The Balaban J connectivity index is 1.73. The van der Waals surface area contributed by atoms with Gasteiger partial charge in [-0.15, -0.1) is 11.3 Å². The number of nitrogens with zero attached hydrogens (tertiary/aromatic N) is 4. The maximum absolute atomic E-state index is 4.69. The smallest absolute Gasteiger partial charge is 0.131 e. The van der Waals surface area contributed by atoms with Gasteiger partial charge in [-0.2, -0.15) is 0 Å². The van der Waals surface area contributed by atoms with Gasteiger partial charge in [-0.1, -0.05) is 13.8 Å². The van der Waals surface area contributed by atoms with Crippen molar-refractivity contribution in [2.75, 3.05) is 6.54 Å². The molecule has 0 amide bonds. The number of rotatable bonds is 3. The topological polar surface area (TPSA) is 41.9 Å². The first-order valence-electron chi connectivity index (χ1n) is 6.68. The van der Waals surface area contributed by atoms with E-state index in [0.29, 0.717) is 5.92 Å². The monoisotopic (exact) mass is 274 g/mol. The number of aromatic nitrogens is 3. The van der Waals surface area contributed by atoms with Crippen LogP contribution in [0.25, 0.3) is 0 Å². The van der Waals surface area contributed by atoms with Crippen LogP contribution in [0.15, 0.2) is 17.8 Å². The third-order valence-corrected chi connectivity index (χ3v) is 4.15. The van der Waals surface area contributed by atoms with E-state index in [0.717, 1.165) is 31.9 Å². The van der Waals surface area contributed by atoms with Gasteiger partial charge >= 0.3 is 0 Å². The predicted octanol–water partition coefficient (Wildman–Crippen LogP) is 2.61. The summed E-state index contributed by atoms with van der Waals surface area (Å²) in [5.41, 5.74) is 2.50. The summed E-state index contributed by atoms with van der Waals surface area (Å²) in [6, 6.07) is 0. The predicted molar refractivity (Wildman–Crippen MR) is 76.1 cm³/mol. The van der Waals surface area contributed by atoms with Crippen molar-refractivity contribution in [2.24, 2.45) is 0 Å². The van der Waals surface area contributed by atoms with Crippen LogP contribution in [0.2, 0.25) is 0 Å². The van der Waals surface area contributed by atoms with Gasteiger partial charge in [0.15, 0.2) is 0 Å². The highest BCUT2D eigenvalue weighted by Gasteiger charge is 2.19. The van der Waals surface area contributed by atoms with Gasteiger partial charge in [0, 0.05) is 54.5 Å². The Hall–Kier alpha value is -1.33. The molecule has 2 aromatic rings. The van der Waals surface area contributed by atoms with Crippen molar-refractivity contribution in [3.05, 3.63) is 39.9 Å². The molecular weight excluding hydrogens is 256 g/mol. The van der Waals surface area contributed by atoms with Crippen molar-refractivity contribution >= 4 is 11.3 Å². The van der Waals surface area contributed by atoms with Crippen molar-refractivity contribution in [3.8, 4) is 0 Å². The van der Waals surface area contributed by atoms with Crippen LogP contribution in [0.5, 0.6) is 0 Å². The van der Waals surface area contributed by atoms with Crippen molar-refractivity contribution in [2.45, 2.75) is 39.3 Å². The third kappa shape index (κ3) is 2.82. The van der Waals surface area contributed by atoms with Gasteiger partial charge in [0.25, 0.3) is 0 Å². The minimum atomic E-state index is 0.402. The highest BCUT2D eigenvalue weighted by Crippen LogP contribution is 2.20. The van der Waals surface area contributed by atoms with Gasteiger partial charge in [-0.25, -0.2) is 15.0 Å². The van der Waals surface area contributed by atoms with E-state index in [-0.39, 0.29) is 0 Å². The maximum Gasteiger partial charge on any atom is 0.131 e. The van der Waals surface area contributed by atoms with Crippen LogP contribution in [-0.2, 0) is 19.5 Å². The Morgan fingerprint density at radius 2 is 2.26 bits per heavy atom. The number of hydrogen-bond acceptors (Lipinski definition) is 5. The van der Waals surface area contributed by atoms with E-state index in [4.69, 9.17) is 4.98 Å². The van der Waals surface area contributed by atoms with Gasteiger partial charge in [-0.05, 0) is 0 Å². The Morgan fingerprint density at radius 1 is 1.37 bits per heavy atom. The van der Waals surface area contributed by atoms with E-state index in [1.54, 1.807) is 11.3 Å². The molecule has 0 N–H and O–H groups in total. The molecule has 0 unspecified atom stereocenters. The molecule has 19 heavy (non-hydrogen) atoms. The largest absolute Gasteiger partial charge is 0.292 e. The Labute approximate surface area is 117 Å². The molecule has 0 aliphatic carbocycles. The number of hydrogen-bond donors (Lipinski definition) is 0. The summed E-state index contributed by atoms with van der Waals surface area (Å²) < 4.78 is 0. The maximum atomic E-state index is 4.69. The summed E-state index contributed by atoms with van der Waals surface area (Å²) in [6.45, 7) is 7.20. The van der Waals surface area contributed by atoms with E-state index in [1.807, 2.05) is 17.8 Å². The molecule has 0 radical (unpaired) electrons. The molecule has 0 saturated carbocycles. The molecule has 2 aromatic heterocycles. The minimum absolute atomic E-state index is 0.402. The molecule has 0 saturated heterocycles. The molecule has 3 rings (SSSR count). The first-order chi connectivity index (χ1) is 9.22. The van der Waals surface area contributed by atoms with Crippen molar-refractivity contribution < 1.29 is 0 Å². The lowest BCUT2D eigenvalue weighted by Gasteiger charge is -2.27. The van der Waals surface area contributed by atoms with Crippen molar-refractivity contribution in [1.82, 2.24) is 19.9 Å². The average Bonchev–Trinajstić information content (AvgIpc) is 2.91.